The molecule has 0 radical (unpaired) electrons. The number of nitrogens with zero attached hydrogens (tertiary/aromatic N) is 2. The number of ether oxygens (including phenoxy) is 2. The van der Waals surface area contributed by atoms with Crippen LogP contribution >= 0.6 is 0 Å². The van der Waals surface area contributed by atoms with Crippen LogP contribution in [0.15, 0.2) is 0 Å². The third kappa shape index (κ3) is 15.6. The molecule has 2 heterocycles. The number of amides is 3. The fraction of sp³-hybridized carbons (Fsp3) is 0.800. The van der Waals surface area contributed by atoms with Gasteiger partial charge >= 0.3 is 24.5 Å². The summed E-state index contributed by atoms with van der Waals surface area (Å²) in [5, 5.41) is 9.68. The average Bonchev–Trinajstić information content (AvgIpc) is 3.29. The highest BCUT2D eigenvalue weighted by Crippen LogP contribution is 2.27. The zero-order valence-electron chi connectivity index (χ0n) is 22.5. The van der Waals surface area contributed by atoms with E-state index in [2.05, 4.69) is 0 Å². The standard InChI is InChI=1S/C11H21NO3.C11H19NO3.2CO2.CH4/c2*1-5-8-6-7-9(13)12(8)10(14)15-11(2,3)4;2*2-1-3;/h8-9,13H,5-7H2,1-4H3;8H,5-7H2,1-4H3;;;1H4/t8-,9?;8-;;;/m11.../s1. The van der Waals surface area contributed by atoms with Gasteiger partial charge in [-0.1, -0.05) is 21.3 Å². The lowest BCUT2D eigenvalue weighted by molar-refractivity contribution is -0.193. The summed E-state index contributed by atoms with van der Waals surface area (Å²) in [4.78, 5) is 70.2. The number of carbonyl (C=O) groups excluding carboxylic acids is 7. The molecule has 0 aliphatic carbocycles. The number of aliphatic hydroxyl groups excluding tert-OH is 1. The van der Waals surface area contributed by atoms with Gasteiger partial charge in [0, 0.05) is 18.5 Å². The van der Waals surface area contributed by atoms with E-state index >= 15 is 0 Å². The second-order valence-electron chi connectivity index (χ2n) is 10.0. The van der Waals surface area contributed by atoms with Gasteiger partial charge in [-0.3, -0.25) is 9.69 Å². The van der Waals surface area contributed by atoms with Crippen LogP contribution in [0.5, 0.6) is 0 Å². The van der Waals surface area contributed by atoms with Crippen LogP contribution in [0, 0.1) is 0 Å². The quantitative estimate of drug-likeness (QED) is 0.551. The first-order valence-corrected chi connectivity index (χ1v) is 11.8. The Labute approximate surface area is 219 Å². The number of likely N-dealkylation sites (tertiary alicyclic amines) is 2. The predicted molar refractivity (Wildman–Crippen MR) is 131 cm³/mol. The highest BCUT2D eigenvalue weighted by atomic mass is 16.6. The number of carbonyl (C=O) groups is 3. The second kappa shape index (κ2) is 18.2. The molecule has 214 valence electrons. The van der Waals surface area contributed by atoms with Gasteiger partial charge in [0.25, 0.3) is 0 Å². The van der Waals surface area contributed by atoms with E-state index in [9.17, 15) is 19.5 Å². The monoisotopic (exact) mass is 532 g/mol. The summed E-state index contributed by atoms with van der Waals surface area (Å²) >= 11 is 0. The summed E-state index contributed by atoms with van der Waals surface area (Å²) in [6.07, 6.45) is 3.29. The topological polar surface area (TPSA) is 165 Å². The second-order valence-corrected chi connectivity index (χ2v) is 10.0. The van der Waals surface area contributed by atoms with E-state index in [0.717, 1.165) is 25.7 Å². The van der Waals surface area contributed by atoms with Gasteiger partial charge in [0.1, 0.15) is 17.4 Å². The van der Waals surface area contributed by atoms with E-state index in [4.69, 9.17) is 28.7 Å². The molecule has 1 unspecified atom stereocenters. The maximum absolute atomic E-state index is 11.8. The number of aliphatic hydroxyl groups is 1. The summed E-state index contributed by atoms with van der Waals surface area (Å²) in [6.45, 7) is 14.9. The highest BCUT2D eigenvalue weighted by Gasteiger charge is 2.38. The van der Waals surface area contributed by atoms with Crippen molar-refractivity contribution in [2.45, 2.75) is 131 Å². The Balaban J connectivity index is -0.000000504. The molecule has 0 aromatic carbocycles. The van der Waals surface area contributed by atoms with Gasteiger partial charge in [-0.15, -0.1) is 0 Å². The summed E-state index contributed by atoms with van der Waals surface area (Å²) in [6, 6.07) is 0.141. The van der Waals surface area contributed by atoms with Crippen LogP contribution in [0.4, 0.5) is 9.59 Å². The lowest BCUT2D eigenvalue weighted by atomic mass is 10.2. The smallest absolute Gasteiger partial charge is 0.417 e. The molecule has 0 aromatic heterocycles. The molecular weight excluding hydrogens is 488 g/mol. The third-order valence-electron chi connectivity index (χ3n) is 4.93. The largest absolute Gasteiger partial charge is 0.444 e. The molecule has 0 aromatic rings. The van der Waals surface area contributed by atoms with E-state index in [1.807, 2.05) is 34.6 Å². The molecule has 2 aliphatic heterocycles. The molecule has 0 saturated carbocycles. The first-order valence-electron chi connectivity index (χ1n) is 11.8. The molecule has 12 nitrogen and oxygen atoms in total. The van der Waals surface area contributed by atoms with E-state index in [1.54, 1.807) is 20.8 Å². The number of imide groups is 1. The molecule has 2 rings (SSSR count). The van der Waals surface area contributed by atoms with E-state index < -0.39 is 29.6 Å². The van der Waals surface area contributed by atoms with Crippen LogP contribution in [0.1, 0.15) is 101 Å². The Kier molecular flexibility index (Phi) is 18.9. The van der Waals surface area contributed by atoms with Gasteiger partial charge in [0.15, 0.2) is 0 Å². The van der Waals surface area contributed by atoms with E-state index in [0.29, 0.717) is 12.8 Å². The van der Waals surface area contributed by atoms with Crippen LogP contribution in [0.25, 0.3) is 0 Å². The lowest BCUT2D eigenvalue weighted by Gasteiger charge is -2.30. The van der Waals surface area contributed by atoms with Crippen molar-refractivity contribution < 1.29 is 48.1 Å². The van der Waals surface area contributed by atoms with Gasteiger partial charge in [0.2, 0.25) is 5.91 Å². The van der Waals surface area contributed by atoms with Crippen LogP contribution in [-0.4, -0.2) is 74.8 Å². The molecule has 12 heteroatoms. The molecule has 3 amide bonds. The highest BCUT2D eigenvalue weighted by molar-refractivity contribution is 5.94. The first-order chi connectivity index (χ1) is 16.5. The van der Waals surface area contributed by atoms with Crippen LogP contribution in [0.2, 0.25) is 0 Å². The Bertz CT molecular complexity index is 761. The molecule has 2 fully saturated rings. The van der Waals surface area contributed by atoms with Crippen molar-refractivity contribution >= 4 is 30.4 Å². The van der Waals surface area contributed by atoms with Crippen molar-refractivity contribution in [2.75, 3.05) is 0 Å². The van der Waals surface area contributed by atoms with Crippen molar-refractivity contribution in [3.63, 3.8) is 0 Å². The number of hydrogen-bond donors (Lipinski definition) is 1. The zero-order valence-corrected chi connectivity index (χ0v) is 22.5. The summed E-state index contributed by atoms with van der Waals surface area (Å²) < 4.78 is 10.4. The zero-order chi connectivity index (χ0) is 28.7. The molecule has 37 heavy (non-hydrogen) atoms. The maximum atomic E-state index is 11.8. The fourth-order valence-electron chi connectivity index (χ4n) is 3.54. The summed E-state index contributed by atoms with van der Waals surface area (Å²) in [7, 11) is 0. The normalized spacial score (nSPS) is 20.2. The van der Waals surface area contributed by atoms with Crippen molar-refractivity contribution in [3.05, 3.63) is 0 Å². The van der Waals surface area contributed by atoms with Gasteiger partial charge in [0.05, 0.1) is 0 Å². The number of hydrogen-bond acceptors (Lipinski definition) is 10. The summed E-state index contributed by atoms with van der Waals surface area (Å²) in [5.41, 5.74) is -1.05. The molecule has 2 saturated heterocycles. The molecule has 2 aliphatic rings. The predicted octanol–water partition coefficient (Wildman–Crippen LogP) is 3.91. The Morgan fingerprint density at radius 3 is 1.62 bits per heavy atom. The minimum absolute atomic E-state index is 0. The Morgan fingerprint density at radius 2 is 1.24 bits per heavy atom. The Morgan fingerprint density at radius 1 is 0.838 bits per heavy atom. The lowest BCUT2D eigenvalue weighted by Crippen LogP contribution is -2.43. The first kappa shape index (κ1) is 38.5. The van der Waals surface area contributed by atoms with Crippen LogP contribution in [-0.2, 0) is 33.4 Å². The Hall–Kier alpha value is -3.07. The van der Waals surface area contributed by atoms with Crippen LogP contribution < -0.4 is 0 Å². The maximum Gasteiger partial charge on any atom is 0.417 e. The van der Waals surface area contributed by atoms with E-state index in [-0.39, 0.29) is 37.7 Å². The minimum Gasteiger partial charge on any atom is -0.444 e. The molecular formula is C25H44N2O10. The van der Waals surface area contributed by atoms with Gasteiger partial charge in [-0.05, 0) is 73.6 Å². The van der Waals surface area contributed by atoms with E-state index in [1.165, 1.54) is 9.80 Å². The van der Waals surface area contributed by atoms with Crippen molar-refractivity contribution in [1.82, 2.24) is 9.80 Å². The molecule has 0 spiro atoms. The number of rotatable bonds is 2. The minimum atomic E-state index is -0.676. The van der Waals surface area contributed by atoms with Gasteiger partial charge < -0.3 is 14.6 Å². The fourth-order valence-corrected chi connectivity index (χ4v) is 3.54. The SMILES string of the molecule is C.CC[C@@H]1CCC(=O)N1C(=O)OC(C)(C)C.CC[C@@H]1CCC(O)N1C(=O)OC(C)(C)C.O=C=O.O=C=O. The molecule has 0 bridgehead atoms. The van der Waals surface area contributed by atoms with Crippen LogP contribution in [0.3, 0.4) is 0 Å². The van der Waals surface area contributed by atoms with Gasteiger partial charge in [-0.2, -0.15) is 19.2 Å². The average molecular weight is 533 g/mol. The summed E-state index contributed by atoms with van der Waals surface area (Å²) in [5.74, 6) is -0.115. The van der Waals surface area contributed by atoms with Crippen molar-refractivity contribution in [1.29, 1.82) is 0 Å². The third-order valence-corrected chi connectivity index (χ3v) is 4.93. The van der Waals surface area contributed by atoms with Crippen molar-refractivity contribution in [2.24, 2.45) is 0 Å². The molecule has 3 atom stereocenters. The van der Waals surface area contributed by atoms with Crippen molar-refractivity contribution in [3.8, 4) is 0 Å². The molecule has 1 N–H and O–H groups in total. The van der Waals surface area contributed by atoms with Gasteiger partial charge in [-0.25, -0.2) is 14.5 Å².